The van der Waals surface area contributed by atoms with Gasteiger partial charge in [0.15, 0.2) is 0 Å². The van der Waals surface area contributed by atoms with E-state index in [2.05, 4.69) is 31.1 Å². The zero-order chi connectivity index (χ0) is 15.5. The predicted octanol–water partition coefficient (Wildman–Crippen LogP) is 3.95. The van der Waals surface area contributed by atoms with Crippen LogP contribution in [0.3, 0.4) is 0 Å². The molecule has 0 aromatic carbocycles. The highest BCUT2D eigenvalue weighted by Gasteiger charge is 2.16. The first-order chi connectivity index (χ1) is 10.2. The summed E-state index contributed by atoms with van der Waals surface area (Å²) in [6, 6.07) is 3.78. The summed E-state index contributed by atoms with van der Waals surface area (Å²) in [5.41, 5.74) is 1.52. The van der Waals surface area contributed by atoms with Crippen LogP contribution in [0.5, 0.6) is 0 Å². The Balaban J connectivity index is 2.76. The minimum Gasteiger partial charge on any atom is -0.385 e. The smallest absolute Gasteiger partial charge is 0.272 e. The van der Waals surface area contributed by atoms with Crippen molar-refractivity contribution < 1.29 is 4.79 Å². The normalized spacial score (nSPS) is 10.4. The first-order valence-corrected chi connectivity index (χ1v) is 8.22. The maximum atomic E-state index is 12.6. The molecule has 1 aromatic heterocycles. The lowest BCUT2D eigenvalue weighted by molar-refractivity contribution is 0.0745. The maximum Gasteiger partial charge on any atom is 0.272 e. The number of hydrogen-bond donors (Lipinski definition) is 1. The number of aromatic nitrogens is 1. The SMILES string of the molecule is CCCCN(CCCC)C(=O)c1cc(NCCC)ccn1. The fourth-order valence-electron chi connectivity index (χ4n) is 2.10. The summed E-state index contributed by atoms with van der Waals surface area (Å²) >= 11 is 0. The van der Waals surface area contributed by atoms with Gasteiger partial charge in [0, 0.05) is 31.5 Å². The number of carbonyl (C=O) groups excluding carboxylic acids is 1. The van der Waals surface area contributed by atoms with Crippen molar-refractivity contribution in [3.8, 4) is 0 Å². The molecule has 0 bridgehead atoms. The zero-order valence-electron chi connectivity index (χ0n) is 13.7. The van der Waals surface area contributed by atoms with Crippen LogP contribution in [0.4, 0.5) is 5.69 Å². The van der Waals surface area contributed by atoms with Crippen LogP contribution in [-0.4, -0.2) is 35.4 Å². The van der Waals surface area contributed by atoms with Crippen LogP contribution in [0.25, 0.3) is 0 Å². The maximum absolute atomic E-state index is 12.6. The Bertz CT molecular complexity index is 412. The third-order valence-electron chi connectivity index (χ3n) is 3.41. The van der Waals surface area contributed by atoms with Gasteiger partial charge >= 0.3 is 0 Å². The average molecular weight is 291 g/mol. The van der Waals surface area contributed by atoms with Crippen LogP contribution in [0.15, 0.2) is 18.3 Å². The Morgan fingerprint density at radius 1 is 1.14 bits per heavy atom. The van der Waals surface area contributed by atoms with Gasteiger partial charge in [-0.2, -0.15) is 0 Å². The predicted molar refractivity (Wildman–Crippen MR) is 88.7 cm³/mol. The van der Waals surface area contributed by atoms with E-state index in [0.29, 0.717) is 5.69 Å². The van der Waals surface area contributed by atoms with Crippen molar-refractivity contribution in [2.75, 3.05) is 25.0 Å². The second-order valence-corrected chi connectivity index (χ2v) is 5.36. The molecule has 1 heterocycles. The van der Waals surface area contributed by atoms with Gasteiger partial charge in [0.1, 0.15) is 5.69 Å². The zero-order valence-corrected chi connectivity index (χ0v) is 13.7. The highest BCUT2D eigenvalue weighted by atomic mass is 16.2. The van der Waals surface area contributed by atoms with Crippen LogP contribution in [0.2, 0.25) is 0 Å². The minimum atomic E-state index is 0.0528. The van der Waals surface area contributed by atoms with Crippen LogP contribution >= 0.6 is 0 Å². The molecule has 0 fully saturated rings. The van der Waals surface area contributed by atoms with Crippen LogP contribution in [0, 0.1) is 0 Å². The van der Waals surface area contributed by atoms with Gasteiger partial charge in [-0.25, -0.2) is 0 Å². The minimum absolute atomic E-state index is 0.0528. The first kappa shape index (κ1) is 17.5. The van der Waals surface area contributed by atoms with E-state index in [4.69, 9.17) is 0 Å². The highest BCUT2D eigenvalue weighted by molar-refractivity contribution is 5.93. The standard InChI is InChI=1S/C17H29N3O/c1-4-7-12-20(13-8-5-2)17(21)16-14-15(9-11-19-16)18-10-6-3/h9,11,14H,4-8,10,12-13H2,1-3H3,(H,18,19). The summed E-state index contributed by atoms with van der Waals surface area (Å²) in [5.74, 6) is 0.0528. The Morgan fingerprint density at radius 2 is 1.81 bits per heavy atom. The van der Waals surface area contributed by atoms with E-state index in [-0.39, 0.29) is 5.91 Å². The van der Waals surface area contributed by atoms with Gasteiger partial charge in [0.2, 0.25) is 0 Å². The number of rotatable bonds is 10. The van der Waals surface area contributed by atoms with Crippen molar-refractivity contribution in [3.63, 3.8) is 0 Å². The van der Waals surface area contributed by atoms with Crippen molar-refractivity contribution in [3.05, 3.63) is 24.0 Å². The Hall–Kier alpha value is -1.58. The highest BCUT2D eigenvalue weighted by Crippen LogP contribution is 2.11. The van der Waals surface area contributed by atoms with Gasteiger partial charge in [0.25, 0.3) is 5.91 Å². The van der Waals surface area contributed by atoms with Crippen molar-refractivity contribution in [1.29, 1.82) is 0 Å². The number of carbonyl (C=O) groups is 1. The average Bonchev–Trinajstić information content (AvgIpc) is 2.53. The first-order valence-electron chi connectivity index (χ1n) is 8.22. The van der Waals surface area contributed by atoms with Crippen LogP contribution in [0.1, 0.15) is 63.4 Å². The molecule has 0 aliphatic rings. The summed E-state index contributed by atoms with van der Waals surface area (Å²) in [6.45, 7) is 8.98. The lowest BCUT2D eigenvalue weighted by atomic mass is 10.2. The molecule has 0 atom stereocenters. The number of hydrogen-bond acceptors (Lipinski definition) is 3. The second kappa shape index (κ2) is 10.2. The number of anilines is 1. The fraction of sp³-hybridized carbons (Fsp3) is 0.647. The monoisotopic (exact) mass is 291 g/mol. The van der Waals surface area contributed by atoms with E-state index in [1.165, 1.54) is 0 Å². The molecule has 1 rings (SSSR count). The van der Waals surface area contributed by atoms with Crippen molar-refractivity contribution in [1.82, 2.24) is 9.88 Å². The molecule has 1 amide bonds. The summed E-state index contributed by atoms with van der Waals surface area (Å²) in [7, 11) is 0. The molecule has 0 saturated heterocycles. The lowest BCUT2D eigenvalue weighted by Crippen LogP contribution is -2.33. The van der Waals surface area contributed by atoms with E-state index in [1.807, 2.05) is 17.0 Å². The van der Waals surface area contributed by atoms with Crippen LogP contribution in [-0.2, 0) is 0 Å². The molecule has 0 spiro atoms. The molecule has 4 nitrogen and oxygen atoms in total. The van der Waals surface area contributed by atoms with E-state index < -0.39 is 0 Å². The number of unbranched alkanes of at least 4 members (excludes halogenated alkanes) is 2. The molecule has 0 radical (unpaired) electrons. The molecule has 0 aliphatic heterocycles. The van der Waals surface area contributed by atoms with Gasteiger partial charge in [-0.15, -0.1) is 0 Å². The second-order valence-electron chi connectivity index (χ2n) is 5.36. The van der Waals surface area contributed by atoms with Crippen LogP contribution < -0.4 is 5.32 Å². The van der Waals surface area contributed by atoms with Gasteiger partial charge in [-0.05, 0) is 31.4 Å². The molecule has 0 saturated carbocycles. The summed E-state index contributed by atoms with van der Waals surface area (Å²) in [4.78, 5) is 18.8. The molecule has 0 aliphatic carbocycles. The number of nitrogens with one attached hydrogen (secondary N) is 1. The number of amides is 1. The molecule has 21 heavy (non-hydrogen) atoms. The molecule has 1 aromatic rings. The molecule has 4 heteroatoms. The van der Waals surface area contributed by atoms with Crippen molar-refractivity contribution in [2.45, 2.75) is 52.9 Å². The number of pyridine rings is 1. The number of nitrogens with zero attached hydrogens (tertiary/aromatic N) is 2. The van der Waals surface area contributed by atoms with E-state index in [9.17, 15) is 4.79 Å². The molecular formula is C17H29N3O. The molecule has 1 N–H and O–H groups in total. The lowest BCUT2D eigenvalue weighted by Gasteiger charge is -2.22. The van der Waals surface area contributed by atoms with E-state index in [1.54, 1.807) is 6.20 Å². The van der Waals surface area contributed by atoms with Gasteiger partial charge in [0.05, 0.1) is 0 Å². The molecule has 0 unspecified atom stereocenters. The van der Waals surface area contributed by atoms with Gasteiger partial charge in [-0.1, -0.05) is 33.6 Å². The third-order valence-corrected chi connectivity index (χ3v) is 3.41. The quantitative estimate of drug-likeness (QED) is 0.710. The largest absolute Gasteiger partial charge is 0.385 e. The Labute approximate surface area is 129 Å². The Kier molecular flexibility index (Phi) is 8.48. The third kappa shape index (κ3) is 6.15. The fourth-order valence-corrected chi connectivity index (χ4v) is 2.10. The molecular weight excluding hydrogens is 262 g/mol. The van der Waals surface area contributed by atoms with Crippen molar-refractivity contribution in [2.24, 2.45) is 0 Å². The van der Waals surface area contributed by atoms with E-state index in [0.717, 1.165) is 57.4 Å². The molecule has 118 valence electrons. The van der Waals surface area contributed by atoms with Gasteiger partial charge < -0.3 is 10.2 Å². The summed E-state index contributed by atoms with van der Waals surface area (Å²) in [6.07, 6.45) is 7.06. The van der Waals surface area contributed by atoms with Crippen molar-refractivity contribution >= 4 is 11.6 Å². The summed E-state index contributed by atoms with van der Waals surface area (Å²) in [5, 5.41) is 3.30. The van der Waals surface area contributed by atoms with E-state index >= 15 is 0 Å². The summed E-state index contributed by atoms with van der Waals surface area (Å²) < 4.78 is 0. The Morgan fingerprint density at radius 3 is 2.38 bits per heavy atom. The topological polar surface area (TPSA) is 45.2 Å². The van der Waals surface area contributed by atoms with Gasteiger partial charge in [-0.3, -0.25) is 9.78 Å².